The lowest BCUT2D eigenvalue weighted by molar-refractivity contribution is -0.106. The van der Waals surface area contributed by atoms with Crippen molar-refractivity contribution in [1.29, 1.82) is 0 Å². The van der Waals surface area contributed by atoms with Gasteiger partial charge in [0.25, 0.3) is 0 Å². The van der Waals surface area contributed by atoms with Crippen LogP contribution >= 0.6 is 22.6 Å². The fraction of sp³-hybridized carbons (Fsp3) is 0.538. The van der Waals surface area contributed by atoms with E-state index < -0.39 is 0 Å². The summed E-state index contributed by atoms with van der Waals surface area (Å²) < 4.78 is 17.7. The molecule has 17 heavy (non-hydrogen) atoms. The first kappa shape index (κ1) is 13.1. The third-order valence-electron chi connectivity index (χ3n) is 2.74. The summed E-state index contributed by atoms with van der Waals surface area (Å²) in [5.41, 5.74) is 1.15. The van der Waals surface area contributed by atoms with Crippen LogP contribution in [0.25, 0.3) is 0 Å². The molecular weight excluding hydrogens is 331 g/mol. The average Bonchev–Trinajstić information content (AvgIpc) is 2.36. The first-order chi connectivity index (χ1) is 8.31. The van der Waals surface area contributed by atoms with E-state index in [2.05, 4.69) is 28.7 Å². The molecule has 0 aliphatic carbocycles. The van der Waals surface area contributed by atoms with Gasteiger partial charge in [-0.2, -0.15) is 0 Å². The van der Waals surface area contributed by atoms with Crippen LogP contribution in [-0.4, -0.2) is 20.0 Å². The van der Waals surface area contributed by atoms with E-state index in [9.17, 15) is 0 Å². The second kappa shape index (κ2) is 6.56. The summed E-state index contributed by atoms with van der Waals surface area (Å²) in [5.74, 6) is 0.895. The summed E-state index contributed by atoms with van der Waals surface area (Å²) in [7, 11) is 1.70. The Morgan fingerprint density at radius 1 is 1.41 bits per heavy atom. The normalized spacial score (nSPS) is 20.2. The fourth-order valence-electron chi connectivity index (χ4n) is 1.86. The lowest BCUT2D eigenvalue weighted by Gasteiger charge is -2.24. The van der Waals surface area contributed by atoms with Crippen molar-refractivity contribution in [3.8, 4) is 5.75 Å². The monoisotopic (exact) mass is 348 g/mol. The smallest absolute Gasteiger partial charge is 0.199 e. The van der Waals surface area contributed by atoms with E-state index in [1.807, 2.05) is 12.1 Å². The van der Waals surface area contributed by atoms with E-state index in [0.717, 1.165) is 34.3 Å². The predicted molar refractivity (Wildman–Crippen MR) is 74.1 cm³/mol. The molecule has 1 aromatic rings. The third kappa shape index (κ3) is 3.56. The van der Waals surface area contributed by atoms with Crippen LogP contribution in [0.1, 0.15) is 24.8 Å². The maximum atomic E-state index is 5.89. The molecule has 1 unspecified atom stereocenters. The Balaban J connectivity index is 2.06. The van der Waals surface area contributed by atoms with Crippen molar-refractivity contribution in [3.63, 3.8) is 0 Å². The zero-order valence-corrected chi connectivity index (χ0v) is 12.1. The Morgan fingerprint density at radius 2 is 2.29 bits per heavy atom. The number of benzene rings is 1. The molecule has 0 amide bonds. The van der Waals surface area contributed by atoms with Crippen LogP contribution in [0.4, 0.5) is 0 Å². The van der Waals surface area contributed by atoms with Crippen LogP contribution in [0.5, 0.6) is 5.75 Å². The van der Waals surface area contributed by atoms with Gasteiger partial charge in [-0.3, -0.25) is 0 Å². The highest BCUT2D eigenvalue weighted by Gasteiger charge is 2.17. The maximum absolute atomic E-state index is 5.89. The van der Waals surface area contributed by atoms with Gasteiger partial charge in [-0.15, -0.1) is 0 Å². The summed E-state index contributed by atoms with van der Waals surface area (Å²) >= 11 is 2.30. The summed E-state index contributed by atoms with van der Waals surface area (Å²) in [6.07, 6.45) is 3.21. The number of hydrogen-bond donors (Lipinski definition) is 0. The van der Waals surface area contributed by atoms with E-state index in [0.29, 0.717) is 6.61 Å². The van der Waals surface area contributed by atoms with Crippen LogP contribution in [0.3, 0.4) is 0 Å². The molecule has 1 aliphatic heterocycles. The first-order valence-corrected chi connectivity index (χ1v) is 6.93. The molecule has 0 aromatic heterocycles. The fourth-order valence-corrected chi connectivity index (χ4v) is 2.50. The Hall–Kier alpha value is -0.330. The Morgan fingerprint density at radius 3 is 3.00 bits per heavy atom. The zero-order valence-electron chi connectivity index (χ0n) is 9.95. The molecule has 1 aliphatic rings. The van der Waals surface area contributed by atoms with Crippen LogP contribution < -0.4 is 4.74 Å². The molecule has 94 valence electrons. The highest BCUT2D eigenvalue weighted by molar-refractivity contribution is 14.1. The molecule has 1 saturated heterocycles. The quantitative estimate of drug-likeness (QED) is 0.782. The van der Waals surface area contributed by atoms with Crippen molar-refractivity contribution in [2.75, 3.05) is 13.7 Å². The Kier molecular flexibility index (Phi) is 5.06. The van der Waals surface area contributed by atoms with Crippen molar-refractivity contribution in [3.05, 3.63) is 27.3 Å². The predicted octanol–water partition coefficient (Wildman–Crippen LogP) is 3.34. The molecule has 1 aromatic carbocycles. The van der Waals surface area contributed by atoms with Crippen molar-refractivity contribution in [1.82, 2.24) is 0 Å². The van der Waals surface area contributed by atoms with E-state index in [-0.39, 0.29) is 6.29 Å². The van der Waals surface area contributed by atoms with E-state index in [1.54, 1.807) is 7.11 Å². The molecule has 0 spiro atoms. The minimum absolute atomic E-state index is 0.0879. The van der Waals surface area contributed by atoms with Gasteiger partial charge in [-0.25, -0.2) is 0 Å². The van der Waals surface area contributed by atoms with Gasteiger partial charge in [0.05, 0.1) is 16.8 Å². The van der Waals surface area contributed by atoms with Crippen LogP contribution in [0.2, 0.25) is 0 Å². The van der Waals surface area contributed by atoms with Crippen molar-refractivity contribution in [2.24, 2.45) is 0 Å². The van der Waals surface area contributed by atoms with Crippen molar-refractivity contribution >= 4 is 22.6 Å². The van der Waals surface area contributed by atoms with Gasteiger partial charge in [0.15, 0.2) is 6.29 Å². The summed E-state index contributed by atoms with van der Waals surface area (Å²) in [6.45, 7) is 1.42. The SMILES string of the molecule is COCc1cccc(OC2CCCCO2)c1I. The average molecular weight is 348 g/mol. The molecule has 1 heterocycles. The number of ether oxygens (including phenoxy) is 3. The molecule has 1 atom stereocenters. The first-order valence-electron chi connectivity index (χ1n) is 5.86. The summed E-state index contributed by atoms with van der Waals surface area (Å²) in [4.78, 5) is 0. The molecule has 3 nitrogen and oxygen atoms in total. The molecule has 0 bridgehead atoms. The number of methoxy groups -OCH3 is 1. The molecule has 4 heteroatoms. The van der Waals surface area contributed by atoms with Crippen molar-refractivity contribution in [2.45, 2.75) is 32.2 Å². The van der Waals surface area contributed by atoms with Crippen molar-refractivity contribution < 1.29 is 14.2 Å². The highest BCUT2D eigenvalue weighted by Crippen LogP contribution is 2.27. The van der Waals surface area contributed by atoms with Crippen LogP contribution in [-0.2, 0) is 16.1 Å². The van der Waals surface area contributed by atoms with E-state index in [4.69, 9.17) is 14.2 Å². The highest BCUT2D eigenvalue weighted by atomic mass is 127. The maximum Gasteiger partial charge on any atom is 0.199 e. The minimum Gasteiger partial charge on any atom is -0.464 e. The lowest BCUT2D eigenvalue weighted by Crippen LogP contribution is -2.25. The van der Waals surface area contributed by atoms with Crippen LogP contribution in [0.15, 0.2) is 18.2 Å². The van der Waals surface area contributed by atoms with Gasteiger partial charge in [-0.1, -0.05) is 12.1 Å². The molecular formula is C13H17IO3. The molecule has 0 saturated carbocycles. The Labute approximate surface area is 116 Å². The van der Waals surface area contributed by atoms with Gasteiger partial charge >= 0.3 is 0 Å². The van der Waals surface area contributed by atoms with E-state index >= 15 is 0 Å². The summed E-state index contributed by atoms with van der Waals surface area (Å²) in [6, 6.07) is 6.04. The van der Waals surface area contributed by atoms with E-state index in [1.165, 1.54) is 6.42 Å². The second-order valence-electron chi connectivity index (χ2n) is 4.08. The van der Waals surface area contributed by atoms with Gasteiger partial charge in [0.2, 0.25) is 0 Å². The standard InChI is InChI=1S/C13H17IO3/c1-15-9-10-5-4-6-11(13(10)14)17-12-7-2-3-8-16-12/h4-6,12H,2-3,7-9H2,1H3. The zero-order chi connectivity index (χ0) is 12.1. The molecule has 0 N–H and O–H groups in total. The van der Waals surface area contributed by atoms with Crippen LogP contribution in [0, 0.1) is 3.57 Å². The molecule has 1 fully saturated rings. The largest absolute Gasteiger partial charge is 0.464 e. The molecule has 2 rings (SSSR count). The number of hydrogen-bond acceptors (Lipinski definition) is 3. The third-order valence-corrected chi connectivity index (χ3v) is 3.96. The minimum atomic E-state index is -0.0879. The van der Waals surface area contributed by atoms with Gasteiger partial charge < -0.3 is 14.2 Å². The van der Waals surface area contributed by atoms with Gasteiger partial charge in [-0.05, 0) is 47.1 Å². The van der Waals surface area contributed by atoms with Gasteiger partial charge in [0.1, 0.15) is 5.75 Å². The lowest BCUT2D eigenvalue weighted by atomic mass is 10.2. The Bertz CT molecular complexity index is 362. The topological polar surface area (TPSA) is 27.7 Å². The second-order valence-corrected chi connectivity index (χ2v) is 5.15. The molecule has 0 radical (unpaired) electrons. The summed E-state index contributed by atoms with van der Waals surface area (Å²) in [5, 5.41) is 0. The number of rotatable bonds is 4. The van der Waals surface area contributed by atoms with Gasteiger partial charge in [0, 0.05) is 13.5 Å². The number of halogens is 1.